The van der Waals surface area contributed by atoms with E-state index < -0.39 is 0 Å². The number of nitrogens with zero attached hydrogens (tertiary/aromatic N) is 3. The average Bonchev–Trinajstić information content (AvgIpc) is 3.11. The zero-order chi connectivity index (χ0) is 17.3. The number of carbonyl (C=O) groups is 1. The Morgan fingerprint density at radius 1 is 1.36 bits per heavy atom. The standard InChI is InChI=1S/C18H25N5OS/c24-18(20-9-10-25-14-15-5-2-1-3-6-15)17-13-23(22-21-17)12-16-7-4-8-19-11-16/h1-3,5-6,13,16,19H,4,7-12,14H2,(H,20,24). The molecule has 2 aromatic rings. The van der Waals surface area contributed by atoms with Gasteiger partial charge in [-0.1, -0.05) is 35.5 Å². The van der Waals surface area contributed by atoms with Crippen LogP contribution in [-0.2, 0) is 12.3 Å². The lowest BCUT2D eigenvalue weighted by Gasteiger charge is -2.22. The highest BCUT2D eigenvalue weighted by atomic mass is 32.2. The Morgan fingerprint density at radius 3 is 3.04 bits per heavy atom. The van der Waals surface area contributed by atoms with Gasteiger partial charge in [-0.05, 0) is 37.4 Å². The lowest BCUT2D eigenvalue weighted by atomic mass is 10.00. The van der Waals surface area contributed by atoms with E-state index in [0.717, 1.165) is 31.1 Å². The molecule has 1 fully saturated rings. The van der Waals surface area contributed by atoms with Crippen molar-refractivity contribution >= 4 is 17.7 Å². The van der Waals surface area contributed by atoms with Gasteiger partial charge in [0.05, 0.1) is 6.20 Å². The van der Waals surface area contributed by atoms with E-state index in [-0.39, 0.29) is 5.91 Å². The molecule has 0 saturated carbocycles. The Kier molecular flexibility index (Phi) is 6.88. The summed E-state index contributed by atoms with van der Waals surface area (Å²) in [6, 6.07) is 10.3. The molecule has 0 spiro atoms. The molecule has 7 heteroatoms. The van der Waals surface area contributed by atoms with E-state index in [9.17, 15) is 4.79 Å². The monoisotopic (exact) mass is 359 g/mol. The summed E-state index contributed by atoms with van der Waals surface area (Å²) in [4.78, 5) is 12.1. The molecule has 134 valence electrons. The highest BCUT2D eigenvalue weighted by Gasteiger charge is 2.16. The minimum absolute atomic E-state index is 0.145. The van der Waals surface area contributed by atoms with Crippen molar-refractivity contribution in [2.45, 2.75) is 25.1 Å². The molecule has 25 heavy (non-hydrogen) atoms. The summed E-state index contributed by atoms with van der Waals surface area (Å²) < 4.78 is 1.79. The number of hydrogen-bond acceptors (Lipinski definition) is 5. The minimum Gasteiger partial charge on any atom is -0.350 e. The maximum Gasteiger partial charge on any atom is 0.273 e. The molecule has 6 nitrogen and oxygen atoms in total. The molecule has 2 N–H and O–H groups in total. The number of amides is 1. The molecule has 1 atom stereocenters. The molecule has 0 bridgehead atoms. The van der Waals surface area contributed by atoms with Crippen LogP contribution < -0.4 is 10.6 Å². The van der Waals surface area contributed by atoms with E-state index in [4.69, 9.17) is 0 Å². The normalized spacial score (nSPS) is 17.4. The zero-order valence-corrected chi connectivity index (χ0v) is 15.2. The van der Waals surface area contributed by atoms with E-state index in [0.29, 0.717) is 18.2 Å². The van der Waals surface area contributed by atoms with E-state index in [2.05, 4.69) is 33.1 Å². The predicted octanol–water partition coefficient (Wildman–Crippen LogP) is 1.94. The summed E-state index contributed by atoms with van der Waals surface area (Å²) >= 11 is 1.81. The molecule has 3 rings (SSSR count). The maximum absolute atomic E-state index is 12.1. The van der Waals surface area contributed by atoms with Gasteiger partial charge in [0.1, 0.15) is 0 Å². The van der Waals surface area contributed by atoms with Crippen LogP contribution in [0.1, 0.15) is 28.9 Å². The van der Waals surface area contributed by atoms with E-state index in [1.54, 1.807) is 10.9 Å². The zero-order valence-electron chi connectivity index (χ0n) is 14.4. The van der Waals surface area contributed by atoms with Crippen molar-refractivity contribution in [2.24, 2.45) is 5.92 Å². The van der Waals surface area contributed by atoms with Crippen LogP contribution in [-0.4, -0.2) is 46.3 Å². The SMILES string of the molecule is O=C(NCCSCc1ccccc1)c1cn(CC2CCCNC2)nn1. The van der Waals surface area contributed by atoms with Gasteiger partial charge >= 0.3 is 0 Å². The van der Waals surface area contributed by atoms with Crippen molar-refractivity contribution < 1.29 is 4.79 Å². The number of thioether (sulfide) groups is 1. The summed E-state index contributed by atoms with van der Waals surface area (Å²) in [7, 11) is 0. The Bertz CT molecular complexity index is 654. The maximum atomic E-state index is 12.1. The van der Waals surface area contributed by atoms with Gasteiger partial charge in [0.2, 0.25) is 0 Å². The van der Waals surface area contributed by atoms with Gasteiger partial charge in [0.15, 0.2) is 5.69 Å². The third-order valence-corrected chi connectivity index (χ3v) is 5.29. The first kappa shape index (κ1) is 17.9. The van der Waals surface area contributed by atoms with Crippen molar-refractivity contribution in [2.75, 3.05) is 25.4 Å². The van der Waals surface area contributed by atoms with Crippen LogP contribution in [0.15, 0.2) is 36.5 Å². The number of piperidine rings is 1. The Balaban J connectivity index is 1.35. The topological polar surface area (TPSA) is 71.8 Å². The summed E-state index contributed by atoms with van der Waals surface area (Å²) in [5.41, 5.74) is 1.70. The van der Waals surface area contributed by atoms with Crippen molar-refractivity contribution in [1.82, 2.24) is 25.6 Å². The highest BCUT2D eigenvalue weighted by Crippen LogP contribution is 2.12. The average molecular weight is 359 g/mol. The summed E-state index contributed by atoms with van der Waals surface area (Å²) in [5, 5.41) is 14.4. The second-order valence-electron chi connectivity index (χ2n) is 6.33. The summed E-state index contributed by atoms with van der Waals surface area (Å²) in [5.74, 6) is 2.26. The van der Waals surface area contributed by atoms with Crippen molar-refractivity contribution in [1.29, 1.82) is 0 Å². The van der Waals surface area contributed by atoms with E-state index >= 15 is 0 Å². The van der Waals surface area contributed by atoms with Crippen LogP contribution in [0.5, 0.6) is 0 Å². The number of carbonyl (C=O) groups excluding carboxylic acids is 1. The Morgan fingerprint density at radius 2 is 2.24 bits per heavy atom. The molecule has 0 radical (unpaired) electrons. The van der Waals surface area contributed by atoms with Crippen LogP contribution in [0, 0.1) is 5.92 Å². The second-order valence-corrected chi connectivity index (χ2v) is 7.44. The van der Waals surface area contributed by atoms with Gasteiger partial charge in [0.25, 0.3) is 5.91 Å². The van der Waals surface area contributed by atoms with Crippen LogP contribution in [0.3, 0.4) is 0 Å². The van der Waals surface area contributed by atoms with Gasteiger partial charge in [-0.15, -0.1) is 5.10 Å². The number of benzene rings is 1. The van der Waals surface area contributed by atoms with Gasteiger partial charge in [-0.2, -0.15) is 11.8 Å². The summed E-state index contributed by atoms with van der Waals surface area (Å²) in [6.45, 7) is 3.57. The number of aromatic nitrogens is 3. The van der Waals surface area contributed by atoms with Crippen LogP contribution in [0.4, 0.5) is 0 Å². The quantitative estimate of drug-likeness (QED) is 0.705. The molecule has 1 amide bonds. The van der Waals surface area contributed by atoms with Crippen molar-refractivity contribution in [3.8, 4) is 0 Å². The Hall–Kier alpha value is -1.86. The fourth-order valence-corrected chi connectivity index (χ4v) is 3.75. The van der Waals surface area contributed by atoms with E-state index in [1.807, 2.05) is 30.0 Å². The van der Waals surface area contributed by atoms with Gasteiger partial charge in [0, 0.05) is 24.6 Å². The molecule has 2 heterocycles. The van der Waals surface area contributed by atoms with E-state index in [1.165, 1.54) is 18.4 Å². The fourth-order valence-electron chi connectivity index (χ4n) is 2.93. The number of hydrogen-bond donors (Lipinski definition) is 2. The molecule has 1 aliphatic heterocycles. The van der Waals surface area contributed by atoms with Gasteiger partial charge in [-0.25, -0.2) is 0 Å². The first-order valence-corrected chi connectivity index (χ1v) is 9.97. The molecule has 1 saturated heterocycles. The molecule has 0 aliphatic carbocycles. The molecule has 1 aromatic carbocycles. The van der Waals surface area contributed by atoms with Crippen LogP contribution >= 0.6 is 11.8 Å². The number of nitrogens with one attached hydrogen (secondary N) is 2. The smallest absolute Gasteiger partial charge is 0.273 e. The fraction of sp³-hybridized carbons (Fsp3) is 0.500. The lowest BCUT2D eigenvalue weighted by Crippen LogP contribution is -2.32. The third kappa shape index (κ3) is 5.86. The second kappa shape index (κ2) is 9.58. The van der Waals surface area contributed by atoms with Gasteiger partial charge in [-0.3, -0.25) is 9.48 Å². The van der Waals surface area contributed by atoms with Crippen molar-refractivity contribution in [3.05, 3.63) is 47.8 Å². The minimum atomic E-state index is -0.145. The molecule has 1 unspecified atom stereocenters. The van der Waals surface area contributed by atoms with Crippen LogP contribution in [0.25, 0.3) is 0 Å². The highest BCUT2D eigenvalue weighted by molar-refractivity contribution is 7.98. The molecule has 1 aromatic heterocycles. The largest absolute Gasteiger partial charge is 0.350 e. The lowest BCUT2D eigenvalue weighted by molar-refractivity contribution is 0.0951. The van der Waals surface area contributed by atoms with Crippen molar-refractivity contribution in [3.63, 3.8) is 0 Å². The number of rotatable bonds is 8. The Labute approximate surface area is 152 Å². The third-order valence-electron chi connectivity index (χ3n) is 4.26. The van der Waals surface area contributed by atoms with Crippen LogP contribution in [0.2, 0.25) is 0 Å². The van der Waals surface area contributed by atoms with Gasteiger partial charge < -0.3 is 10.6 Å². The first-order chi connectivity index (χ1) is 12.3. The predicted molar refractivity (Wildman–Crippen MR) is 101 cm³/mol. The molecular weight excluding hydrogens is 334 g/mol. The first-order valence-electron chi connectivity index (χ1n) is 8.82. The summed E-state index contributed by atoms with van der Waals surface area (Å²) in [6.07, 6.45) is 4.15. The molecule has 1 aliphatic rings. The molecular formula is C18H25N5OS.